The fourth-order valence-corrected chi connectivity index (χ4v) is 2.85. The van der Waals surface area contributed by atoms with Gasteiger partial charge in [0.05, 0.1) is 17.7 Å². The van der Waals surface area contributed by atoms with Gasteiger partial charge in [0.2, 0.25) is 0 Å². The third-order valence-corrected chi connectivity index (χ3v) is 3.88. The summed E-state index contributed by atoms with van der Waals surface area (Å²) >= 11 is 0. The Morgan fingerprint density at radius 2 is 1.88 bits per heavy atom. The van der Waals surface area contributed by atoms with E-state index in [4.69, 9.17) is 11.0 Å². The third kappa shape index (κ3) is 1.95. The molecule has 2 aliphatic rings. The van der Waals surface area contributed by atoms with Gasteiger partial charge in [0.1, 0.15) is 0 Å². The lowest BCUT2D eigenvalue weighted by Crippen LogP contribution is -2.33. The predicted molar refractivity (Wildman–Crippen MR) is 66.2 cm³/mol. The maximum atomic E-state index is 8.81. The minimum absolute atomic E-state index is 0.239. The van der Waals surface area contributed by atoms with E-state index in [2.05, 4.69) is 23.1 Å². The zero-order chi connectivity index (χ0) is 11.8. The van der Waals surface area contributed by atoms with Crippen LogP contribution < -0.4 is 5.73 Å². The summed E-state index contributed by atoms with van der Waals surface area (Å²) in [5.74, 6) is 0. The lowest BCUT2D eigenvalue weighted by molar-refractivity contribution is 0.237. The molecule has 3 heteroatoms. The first-order valence-corrected chi connectivity index (χ1v) is 6.31. The molecule has 17 heavy (non-hydrogen) atoms. The highest BCUT2D eigenvalue weighted by molar-refractivity contribution is 5.34. The summed E-state index contributed by atoms with van der Waals surface area (Å²) in [6, 6.07) is 11.4. The van der Waals surface area contributed by atoms with Crippen molar-refractivity contribution in [3.05, 3.63) is 35.4 Å². The van der Waals surface area contributed by atoms with Crippen molar-refractivity contribution in [2.24, 2.45) is 5.73 Å². The van der Waals surface area contributed by atoms with Crippen LogP contribution in [0.5, 0.6) is 0 Å². The second-order valence-corrected chi connectivity index (χ2v) is 5.10. The molecular weight excluding hydrogens is 210 g/mol. The molecule has 2 unspecified atom stereocenters. The maximum absolute atomic E-state index is 8.81. The Kier molecular flexibility index (Phi) is 2.62. The molecule has 1 aliphatic carbocycles. The molecule has 1 saturated heterocycles. The van der Waals surface area contributed by atoms with Gasteiger partial charge in [0, 0.05) is 18.6 Å². The Morgan fingerprint density at radius 1 is 1.18 bits per heavy atom. The number of hydrogen-bond donors (Lipinski definition) is 1. The molecule has 0 aromatic heterocycles. The molecule has 2 fully saturated rings. The molecule has 0 spiro atoms. The third-order valence-electron chi connectivity index (χ3n) is 3.88. The summed E-state index contributed by atoms with van der Waals surface area (Å²) in [6.07, 6.45) is 3.72. The Hall–Kier alpha value is -1.37. The normalized spacial score (nSPS) is 29.2. The van der Waals surface area contributed by atoms with Gasteiger partial charge in [-0.15, -0.1) is 0 Å². The van der Waals surface area contributed by atoms with Gasteiger partial charge >= 0.3 is 0 Å². The molecule has 3 rings (SSSR count). The van der Waals surface area contributed by atoms with E-state index < -0.39 is 0 Å². The molecule has 1 aromatic carbocycles. The summed E-state index contributed by atoms with van der Waals surface area (Å²) in [6.45, 7) is 1.12. The van der Waals surface area contributed by atoms with Gasteiger partial charge in [-0.25, -0.2) is 0 Å². The summed E-state index contributed by atoms with van der Waals surface area (Å²) in [5, 5.41) is 8.81. The number of likely N-dealkylation sites (tertiary alicyclic amines) is 1. The summed E-state index contributed by atoms with van der Waals surface area (Å²) in [7, 11) is 0. The molecule has 1 saturated carbocycles. The van der Waals surface area contributed by atoms with Crippen LogP contribution in [0.2, 0.25) is 0 Å². The Balaban J connectivity index is 1.87. The van der Waals surface area contributed by atoms with Crippen LogP contribution in [0.1, 0.15) is 36.4 Å². The highest BCUT2D eigenvalue weighted by Gasteiger charge is 2.41. The summed E-state index contributed by atoms with van der Waals surface area (Å²) in [4.78, 5) is 2.55. The van der Waals surface area contributed by atoms with E-state index >= 15 is 0 Å². The van der Waals surface area contributed by atoms with Crippen molar-refractivity contribution in [3.8, 4) is 6.07 Å². The van der Waals surface area contributed by atoms with Crippen LogP contribution in [0, 0.1) is 11.3 Å². The monoisotopic (exact) mass is 227 g/mol. The molecule has 0 radical (unpaired) electrons. The SMILES string of the molecule is N#Cc1ccc(C2C(N)CCN2C2CC2)cc1. The van der Waals surface area contributed by atoms with E-state index in [0.717, 1.165) is 24.6 Å². The zero-order valence-corrected chi connectivity index (χ0v) is 9.84. The molecule has 0 bridgehead atoms. The van der Waals surface area contributed by atoms with E-state index in [1.807, 2.05) is 12.1 Å². The quantitative estimate of drug-likeness (QED) is 0.838. The molecular formula is C14H17N3. The minimum Gasteiger partial charge on any atom is -0.326 e. The number of benzene rings is 1. The van der Waals surface area contributed by atoms with E-state index in [1.165, 1.54) is 18.4 Å². The Labute approximate surface area is 102 Å². The second-order valence-electron chi connectivity index (χ2n) is 5.10. The first-order chi connectivity index (χ1) is 8.29. The lowest BCUT2D eigenvalue weighted by Gasteiger charge is -2.27. The number of hydrogen-bond acceptors (Lipinski definition) is 3. The van der Waals surface area contributed by atoms with E-state index in [9.17, 15) is 0 Å². The summed E-state index contributed by atoms with van der Waals surface area (Å²) in [5.41, 5.74) is 8.22. The van der Waals surface area contributed by atoms with Gasteiger partial charge in [-0.3, -0.25) is 4.90 Å². The lowest BCUT2D eigenvalue weighted by atomic mass is 9.99. The van der Waals surface area contributed by atoms with Gasteiger partial charge in [-0.2, -0.15) is 5.26 Å². The van der Waals surface area contributed by atoms with Gasteiger partial charge in [-0.05, 0) is 37.0 Å². The van der Waals surface area contributed by atoms with Crippen molar-refractivity contribution < 1.29 is 0 Å². The minimum atomic E-state index is 0.239. The molecule has 0 amide bonds. The van der Waals surface area contributed by atoms with Crippen LogP contribution in [0.3, 0.4) is 0 Å². The van der Waals surface area contributed by atoms with Gasteiger partial charge in [0.15, 0.2) is 0 Å². The average Bonchev–Trinajstić information content (AvgIpc) is 3.13. The molecule has 3 nitrogen and oxygen atoms in total. The topological polar surface area (TPSA) is 53.1 Å². The fraction of sp³-hybridized carbons (Fsp3) is 0.500. The Morgan fingerprint density at radius 3 is 2.47 bits per heavy atom. The average molecular weight is 227 g/mol. The van der Waals surface area contributed by atoms with Crippen LogP contribution in [0.15, 0.2) is 24.3 Å². The maximum Gasteiger partial charge on any atom is 0.0991 e. The highest BCUT2D eigenvalue weighted by atomic mass is 15.2. The number of rotatable bonds is 2. The molecule has 88 valence electrons. The largest absolute Gasteiger partial charge is 0.326 e. The highest BCUT2D eigenvalue weighted by Crippen LogP contribution is 2.40. The van der Waals surface area contributed by atoms with Gasteiger partial charge in [-0.1, -0.05) is 12.1 Å². The Bertz CT molecular complexity index is 442. The van der Waals surface area contributed by atoms with Crippen LogP contribution in [0.4, 0.5) is 0 Å². The van der Waals surface area contributed by atoms with E-state index in [-0.39, 0.29) is 6.04 Å². The fourth-order valence-electron chi connectivity index (χ4n) is 2.85. The van der Waals surface area contributed by atoms with Crippen molar-refractivity contribution >= 4 is 0 Å². The molecule has 1 heterocycles. The molecule has 2 atom stereocenters. The van der Waals surface area contributed by atoms with Crippen LogP contribution >= 0.6 is 0 Å². The second kappa shape index (κ2) is 4.14. The zero-order valence-electron chi connectivity index (χ0n) is 9.84. The molecule has 1 aliphatic heterocycles. The van der Waals surface area contributed by atoms with Crippen LogP contribution in [-0.4, -0.2) is 23.5 Å². The smallest absolute Gasteiger partial charge is 0.0991 e. The number of nitriles is 1. The van der Waals surface area contributed by atoms with E-state index in [1.54, 1.807) is 0 Å². The van der Waals surface area contributed by atoms with Crippen LogP contribution in [-0.2, 0) is 0 Å². The predicted octanol–water partition coefficient (Wildman–Crippen LogP) is 1.79. The van der Waals surface area contributed by atoms with Crippen molar-refractivity contribution in [2.75, 3.05) is 6.54 Å². The van der Waals surface area contributed by atoms with Crippen molar-refractivity contribution in [2.45, 2.75) is 37.4 Å². The molecule has 1 aromatic rings. The number of nitrogens with zero attached hydrogens (tertiary/aromatic N) is 2. The van der Waals surface area contributed by atoms with Crippen molar-refractivity contribution in [1.29, 1.82) is 5.26 Å². The summed E-state index contributed by atoms with van der Waals surface area (Å²) < 4.78 is 0. The van der Waals surface area contributed by atoms with E-state index in [0.29, 0.717) is 6.04 Å². The van der Waals surface area contributed by atoms with Gasteiger partial charge < -0.3 is 5.73 Å². The first-order valence-electron chi connectivity index (χ1n) is 6.31. The number of nitrogens with two attached hydrogens (primary N) is 1. The first kappa shape index (κ1) is 10.8. The standard InChI is InChI=1S/C14H17N3/c15-9-10-1-3-11(4-2-10)14-13(16)7-8-17(14)12-5-6-12/h1-4,12-14H,5-8,16H2. The van der Waals surface area contributed by atoms with Gasteiger partial charge in [0.25, 0.3) is 0 Å². The van der Waals surface area contributed by atoms with Crippen LogP contribution in [0.25, 0.3) is 0 Å². The van der Waals surface area contributed by atoms with Crippen molar-refractivity contribution in [1.82, 2.24) is 4.90 Å². The molecule has 2 N–H and O–H groups in total. The van der Waals surface area contributed by atoms with Crippen molar-refractivity contribution in [3.63, 3.8) is 0 Å².